The van der Waals surface area contributed by atoms with Crippen LogP contribution in [-0.2, 0) is 13.1 Å². The Morgan fingerprint density at radius 1 is 0.786 bits per heavy atom. The van der Waals surface area contributed by atoms with Crippen molar-refractivity contribution in [3.63, 3.8) is 0 Å². The van der Waals surface area contributed by atoms with Gasteiger partial charge in [0.2, 0.25) is 0 Å². The molecule has 0 heterocycles. The Kier molecular flexibility index (Phi) is 2.97. The van der Waals surface area contributed by atoms with Crippen molar-refractivity contribution in [3.8, 4) is 0 Å². The number of rotatable bonds is 2. The number of halogens is 3. The van der Waals surface area contributed by atoms with E-state index < -0.39 is 35.2 Å². The number of benzene rings is 1. The summed E-state index contributed by atoms with van der Waals surface area (Å²) < 4.78 is 39.4. The Bertz CT molecular complexity index is 301. The van der Waals surface area contributed by atoms with E-state index in [2.05, 4.69) is 0 Å². The molecule has 78 valence electrons. The van der Waals surface area contributed by atoms with E-state index in [9.17, 15) is 13.2 Å². The van der Waals surface area contributed by atoms with Gasteiger partial charge >= 0.3 is 0 Å². The summed E-state index contributed by atoms with van der Waals surface area (Å²) in [7, 11) is 0. The highest BCUT2D eigenvalue weighted by Gasteiger charge is 2.21. The fraction of sp³-hybridized carbons (Fsp3) is 0.250. The van der Waals surface area contributed by atoms with E-state index in [0.29, 0.717) is 0 Å². The largest absolute Gasteiger partial charge is 0.396 e. The molecule has 0 aliphatic carbocycles. The highest BCUT2D eigenvalue weighted by molar-refractivity contribution is 5.52. The van der Waals surface area contributed by atoms with E-state index in [1.54, 1.807) is 0 Å². The van der Waals surface area contributed by atoms with E-state index in [1.165, 1.54) is 0 Å². The van der Waals surface area contributed by atoms with Crippen molar-refractivity contribution < 1.29 is 13.2 Å². The van der Waals surface area contributed by atoms with Gasteiger partial charge in [0, 0.05) is 24.2 Å². The molecule has 0 spiro atoms. The smallest absolute Gasteiger partial charge is 0.166 e. The minimum Gasteiger partial charge on any atom is -0.396 e. The molecule has 0 unspecified atom stereocenters. The van der Waals surface area contributed by atoms with Crippen LogP contribution >= 0.6 is 0 Å². The minimum atomic E-state index is -1.32. The van der Waals surface area contributed by atoms with Crippen molar-refractivity contribution in [3.05, 3.63) is 28.6 Å². The third-order valence-corrected chi connectivity index (χ3v) is 1.96. The van der Waals surface area contributed by atoms with Crippen molar-refractivity contribution in [1.82, 2.24) is 0 Å². The second-order valence-corrected chi connectivity index (χ2v) is 2.72. The van der Waals surface area contributed by atoms with E-state index >= 15 is 0 Å². The molecule has 3 nitrogen and oxygen atoms in total. The summed E-state index contributed by atoms with van der Waals surface area (Å²) in [5.74, 6) is -3.58. The zero-order valence-corrected chi connectivity index (χ0v) is 7.28. The normalized spacial score (nSPS) is 10.6. The molecule has 14 heavy (non-hydrogen) atoms. The van der Waals surface area contributed by atoms with Gasteiger partial charge in [0.15, 0.2) is 17.5 Å². The first-order valence-corrected chi connectivity index (χ1v) is 3.88. The van der Waals surface area contributed by atoms with Gasteiger partial charge in [-0.25, -0.2) is 13.2 Å². The molecule has 6 N–H and O–H groups in total. The van der Waals surface area contributed by atoms with Gasteiger partial charge in [0.05, 0.1) is 5.69 Å². The van der Waals surface area contributed by atoms with Gasteiger partial charge in [-0.05, 0) is 0 Å². The quantitative estimate of drug-likeness (QED) is 0.488. The summed E-state index contributed by atoms with van der Waals surface area (Å²) in [6, 6.07) is 0. The molecule has 0 bridgehead atoms. The molecular weight excluding hydrogens is 195 g/mol. The van der Waals surface area contributed by atoms with Gasteiger partial charge in [0.1, 0.15) is 0 Å². The van der Waals surface area contributed by atoms with Gasteiger partial charge in [-0.1, -0.05) is 0 Å². The van der Waals surface area contributed by atoms with Crippen LogP contribution in [0, 0.1) is 17.5 Å². The van der Waals surface area contributed by atoms with Crippen LogP contribution in [-0.4, -0.2) is 0 Å². The second kappa shape index (κ2) is 3.85. The lowest BCUT2D eigenvalue weighted by atomic mass is 10.1. The molecule has 1 aromatic carbocycles. The van der Waals surface area contributed by atoms with E-state index in [-0.39, 0.29) is 12.1 Å². The van der Waals surface area contributed by atoms with Crippen LogP contribution in [0.4, 0.5) is 18.9 Å². The Morgan fingerprint density at radius 2 is 1.21 bits per heavy atom. The van der Waals surface area contributed by atoms with Crippen molar-refractivity contribution in [2.45, 2.75) is 13.1 Å². The predicted octanol–water partition coefficient (Wildman–Crippen LogP) is 0.603. The minimum absolute atomic E-state index is 0.364. The molecule has 0 fully saturated rings. The number of anilines is 1. The maximum absolute atomic E-state index is 13.2. The Balaban J connectivity index is 3.55. The molecule has 0 amide bonds. The van der Waals surface area contributed by atoms with Crippen molar-refractivity contribution in [2.75, 3.05) is 5.73 Å². The standard InChI is InChI=1S/C8H10F3N3/c9-5-3(1-12)7(11)8(14)4(2-13)6(5)10/h1-2,12-14H2. The van der Waals surface area contributed by atoms with Gasteiger partial charge in [-0.3, -0.25) is 0 Å². The Labute approximate surface area is 78.7 Å². The molecule has 6 heteroatoms. The maximum Gasteiger partial charge on any atom is 0.166 e. The molecule has 1 rings (SSSR count). The average molecular weight is 205 g/mol. The Hall–Kier alpha value is -1.27. The van der Waals surface area contributed by atoms with Crippen LogP contribution < -0.4 is 17.2 Å². The lowest BCUT2D eigenvalue weighted by molar-refractivity contribution is 0.473. The first kappa shape index (κ1) is 10.8. The highest BCUT2D eigenvalue weighted by Crippen LogP contribution is 2.26. The molecule has 0 saturated heterocycles. The number of hydrogen-bond donors (Lipinski definition) is 3. The van der Waals surface area contributed by atoms with Gasteiger partial charge < -0.3 is 17.2 Å². The lowest BCUT2D eigenvalue weighted by Crippen LogP contribution is -2.14. The fourth-order valence-corrected chi connectivity index (χ4v) is 1.15. The van der Waals surface area contributed by atoms with Crippen LogP contribution in [0.2, 0.25) is 0 Å². The SMILES string of the molecule is NCc1c(N)c(F)c(CN)c(F)c1F. The summed E-state index contributed by atoms with van der Waals surface area (Å²) in [5.41, 5.74) is 14.0. The Morgan fingerprint density at radius 3 is 1.64 bits per heavy atom. The highest BCUT2D eigenvalue weighted by atomic mass is 19.2. The molecular formula is C8H10F3N3. The lowest BCUT2D eigenvalue weighted by Gasteiger charge is -2.10. The second-order valence-electron chi connectivity index (χ2n) is 2.72. The predicted molar refractivity (Wildman–Crippen MR) is 46.5 cm³/mol. The summed E-state index contributed by atoms with van der Waals surface area (Å²) in [6.45, 7) is -0.819. The van der Waals surface area contributed by atoms with Crippen molar-refractivity contribution in [2.24, 2.45) is 11.5 Å². The first-order chi connectivity index (χ1) is 6.54. The number of nitrogen functional groups attached to an aromatic ring is 1. The monoisotopic (exact) mass is 205 g/mol. The zero-order valence-electron chi connectivity index (χ0n) is 7.28. The van der Waals surface area contributed by atoms with E-state index in [1.807, 2.05) is 0 Å². The summed E-state index contributed by atoms with van der Waals surface area (Å²) in [4.78, 5) is 0. The zero-order chi connectivity index (χ0) is 10.9. The molecule has 0 saturated carbocycles. The van der Waals surface area contributed by atoms with Crippen molar-refractivity contribution in [1.29, 1.82) is 0 Å². The van der Waals surface area contributed by atoms with Crippen LogP contribution in [0.25, 0.3) is 0 Å². The molecule has 0 radical (unpaired) electrons. The van der Waals surface area contributed by atoms with Crippen molar-refractivity contribution >= 4 is 5.69 Å². The number of hydrogen-bond acceptors (Lipinski definition) is 3. The third-order valence-electron chi connectivity index (χ3n) is 1.96. The molecule has 0 aliphatic heterocycles. The van der Waals surface area contributed by atoms with E-state index in [4.69, 9.17) is 17.2 Å². The summed E-state index contributed by atoms with van der Waals surface area (Å²) >= 11 is 0. The third kappa shape index (κ3) is 1.42. The average Bonchev–Trinajstić information content (AvgIpc) is 2.17. The molecule has 1 aromatic rings. The molecule has 0 atom stereocenters. The number of nitrogens with two attached hydrogens (primary N) is 3. The topological polar surface area (TPSA) is 78.1 Å². The van der Waals surface area contributed by atoms with Crippen LogP contribution in [0.1, 0.15) is 11.1 Å². The summed E-state index contributed by atoms with van der Waals surface area (Å²) in [6.07, 6.45) is 0. The van der Waals surface area contributed by atoms with Gasteiger partial charge in [0.25, 0.3) is 0 Å². The van der Waals surface area contributed by atoms with Crippen LogP contribution in [0.15, 0.2) is 0 Å². The van der Waals surface area contributed by atoms with Gasteiger partial charge in [-0.2, -0.15) is 0 Å². The first-order valence-electron chi connectivity index (χ1n) is 3.88. The molecule has 0 aromatic heterocycles. The molecule has 0 aliphatic rings. The van der Waals surface area contributed by atoms with Crippen LogP contribution in [0.3, 0.4) is 0 Å². The fourth-order valence-electron chi connectivity index (χ4n) is 1.15. The van der Waals surface area contributed by atoms with Gasteiger partial charge in [-0.15, -0.1) is 0 Å². The van der Waals surface area contributed by atoms with Crippen LogP contribution in [0.5, 0.6) is 0 Å². The summed E-state index contributed by atoms with van der Waals surface area (Å²) in [5, 5.41) is 0. The maximum atomic E-state index is 13.2. The van der Waals surface area contributed by atoms with E-state index in [0.717, 1.165) is 0 Å².